The summed E-state index contributed by atoms with van der Waals surface area (Å²) >= 11 is 5.86. The highest BCUT2D eigenvalue weighted by molar-refractivity contribution is 7.89. The molecule has 2 aromatic carbocycles. The van der Waals surface area contributed by atoms with E-state index in [2.05, 4.69) is 5.32 Å². The van der Waals surface area contributed by atoms with Gasteiger partial charge in [0.05, 0.1) is 22.7 Å². The lowest BCUT2D eigenvalue weighted by Gasteiger charge is -2.34. The normalized spacial score (nSPS) is 19.6. The van der Waals surface area contributed by atoms with E-state index in [1.807, 2.05) is 0 Å². The van der Waals surface area contributed by atoms with Gasteiger partial charge in [-0.15, -0.1) is 0 Å². The molecule has 2 unspecified atom stereocenters. The molecular weight excluding hydrogens is 444 g/mol. The summed E-state index contributed by atoms with van der Waals surface area (Å²) in [6, 6.07) is 12.1. The molecule has 0 aliphatic carbocycles. The highest BCUT2D eigenvalue weighted by Crippen LogP contribution is 2.22. The lowest BCUT2D eigenvalue weighted by Crippen LogP contribution is -2.48. The maximum atomic E-state index is 13.0. The van der Waals surface area contributed by atoms with Crippen LogP contribution in [0.3, 0.4) is 0 Å². The molecule has 0 spiro atoms. The van der Waals surface area contributed by atoms with Crippen LogP contribution in [-0.2, 0) is 24.3 Å². The Hall–Kier alpha value is -2.46. The number of carbonyl (C=O) groups excluding carboxylic acids is 2. The standard InChI is InChI=1S/C21H23ClN2O6S/c1-14-11-24(12-15(2)30-14)31(27,28)19-8-3-5-16(9-19)21(26)29-13-20(25)23-18-7-4-6-17(22)10-18/h3-10,14-15H,11-13H2,1-2H3,(H,23,25). The molecule has 0 aromatic heterocycles. The smallest absolute Gasteiger partial charge is 0.338 e. The number of sulfonamides is 1. The van der Waals surface area contributed by atoms with E-state index in [-0.39, 0.29) is 35.8 Å². The number of amides is 1. The molecule has 1 amide bonds. The molecule has 1 saturated heterocycles. The van der Waals surface area contributed by atoms with Crippen LogP contribution >= 0.6 is 11.6 Å². The molecule has 31 heavy (non-hydrogen) atoms. The van der Waals surface area contributed by atoms with Gasteiger partial charge in [-0.25, -0.2) is 13.2 Å². The van der Waals surface area contributed by atoms with E-state index >= 15 is 0 Å². The molecule has 2 aromatic rings. The van der Waals surface area contributed by atoms with Gasteiger partial charge >= 0.3 is 5.97 Å². The molecule has 1 aliphatic heterocycles. The van der Waals surface area contributed by atoms with Gasteiger partial charge in [-0.1, -0.05) is 23.7 Å². The van der Waals surface area contributed by atoms with Crippen LogP contribution < -0.4 is 5.32 Å². The number of carbonyl (C=O) groups is 2. The van der Waals surface area contributed by atoms with Crippen molar-refractivity contribution in [2.45, 2.75) is 31.0 Å². The summed E-state index contributed by atoms with van der Waals surface area (Å²) in [6.07, 6.45) is -0.464. The SMILES string of the molecule is CC1CN(S(=O)(=O)c2cccc(C(=O)OCC(=O)Nc3cccc(Cl)c3)c2)CC(C)O1. The Balaban J connectivity index is 1.65. The lowest BCUT2D eigenvalue weighted by atomic mass is 10.2. The number of esters is 1. The zero-order chi connectivity index (χ0) is 22.6. The van der Waals surface area contributed by atoms with Crippen molar-refractivity contribution in [1.29, 1.82) is 0 Å². The molecular formula is C21H23ClN2O6S. The summed E-state index contributed by atoms with van der Waals surface area (Å²) in [5.41, 5.74) is 0.501. The predicted molar refractivity (Wildman–Crippen MR) is 116 cm³/mol. The summed E-state index contributed by atoms with van der Waals surface area (Å²) in [7, 11) is -3.81. The Labute approximate surface area is 186 Å². The highest BCUT2D eigenvalue weighted by Gasteiger charge is 2.32. The molecule has 3 rings (SSSR count). The number of anilines is 1. The van der Waals surface area contributed by atoms with Gasteiger partial charge < -0.3 is 14.8 Å². The van der Waals surface area contributed by atoms with E-state index in [0.29, 0.717) is 10.7 Å². The fourth-order valence-electron chi connectivity index (χ4n) is 3.24. The zero-order valence-electron chi connectivity index (χ0n) is 17.1. The number of nitrogens with zero attached hydrogens (tertiary/aromatic N) is 1. The zero-order valence-corrected chi connectivity index (χ0v) is 18.7. The first-order chi connectivity index (χ1) is 14.6. The van der Waals surface area contributed by atoms with E-state index < -0.39 is 28.5 Å². The molecule has 1 aliphatic rings. The van der Waals surface area contributed by atoms with Crippen LogP contribution in [0.4, 0.5) is 5.69 Å². The Morgan fingerprint density at radius 2 is 1.81 bits per heavy atom. The first kappa shape index (κ1) is 23.2. The van der Waals surface area contributed by atoms with Crippen LogP contribution in [0, 0.1) is 0 Å². The van der Waals surface area contributed by atoms with Crippen LogP contribution in [0.15, 0.2) is 53.4 Å². The average Bonchev–Trinajstić information content (AvgIpc) is 2.71. The fraction of sp³-hybridized carbons (Fsp3) is 0.333. The number of morpholine rings is 1. The maximum absolute atomic E-state index is 13.0. The molecule has 0 bridgehead atoms. The van der Waals surface area contributed by atoms with Gasteiger partial charge in [0.2, 0.25) is 10.0 Å². The Bertz CT molecular complexity index is 1070. The maximum Gasteiger partial charge on any atom is 0.338 e. The second-order valence-electron chi connectivity index (χ2n) is 7.24. The van der Waals surface area contributed by atoms with Crippen molar-refractivity contribution in [3.8, 4) is 0 Å². The third-order valence-electron chi connectivity index (χ3n) is 4.54. The summed E-state index contributed by atoms with van der Waals surface area (Å²) in [5, 5.41) is 3.02. The summed E-state index contributed by atoms with van der Waals surface area (Å²) < 4.78 is 37.9. The summed E-state index contributed by atoms with van der Waals surface area (Å²) in [6.45, 7) is 3.54. The van der Waals surface area contributed by atoms with Crippen LogP contribution in [-0.4, -0.2) is 56.5 Å². The van der Waals surface area contributed by atoms with Crippen molar-refractivity contribution in [1.82, 2.24) is 4.31 Å². The molecule has 1 fully saturated rings. The summed E-state index contributed by atoms with van der Waals surface area (Å²) in [5.74, 6) is -1.35. The van der Waals surface area contributed by atoms with Gasteiger partial charge in [0.1, 0.15) is 0 Å². The quantitative estimate of drug-likeness (QED) is 0.657. The number of hydrogen-bond donors (Lipinski definition) is 1. The molecule has 1 N–H and O–H groups in total. The van der Waals surface area contributed by atoms with E-state index in [1.54, 1.807) is 38.1 Å². The van der Waals surface area contributed by atoms with Gasteiger partial charge in [0.15, 0.2) is 6.61 Å². The third kappa shape index (κ3) is 6.04. The van der Waals surface area contributed by atoms with Gasteiger partial charge in [-0.3, -0.25) is 4.79 Å². The van der Waals surface area contributed by atoms with Gasteiger partial charge in [-0.05, 0) is 50.2 Å². The van der Waals surface area contributed by atoms with Crippen molar-refractivity contribution in [2.24, 2.45) is 0 Å². The van der Waals surface area contributed by atoms with Crippen LogP contribution in [0.25, 0.3) is 0 Å². The average molecular weight is 467 g/mol. The Kier molecular flexibility index (Phi) is 7.32. The second-order valence-corrected chi connectivity index (χ2v) is 9.62. The number of benzene rings is 2. The first-order valence-corrected chi connectivity index (χ1v) is 11.4. The molecule has 166 valence electrons. The van der Waals surface area contributed by atoms with Crippen molar-refractivity contribution >= 4 is 39.2 Å². The molecule has 10 heteroatoms. The van der Waals surface area contributed by atoms with Crippen LogP contribution in [0.5, 0.6) is 0 Å². The molecule has 2 atom stereocenters. The van der Waals surface area contributed by atoms with Gasteiger partial charge in [0, 0.05) is 23.8 Å². The van der Waals surface area contributed by atoms with Crippen molar-refractivity contribution in [3.63, 3.8) is 0 Å². The fourth-order valence-corrected chi connectivity index (χ4v) is 5.06. The van der Waals surface area contributed by atoms with Gasteiger partial charge in [0.25, 0.3) is 5.91 Å². The van der Waals surface area contributed by atoms with Gasteiger partial charge in [-0.2, -0.15) is 4.31 Å². The highest BCUT2D eigenvalue weighted by atomic mass is 35.5. The number of nitrogens with one attached hydrogen (secondary N) is 1. The molecule has 8 nitrogen and oxygen atoms in total. The van der Waals surface area contributed by atoms with Crippen molar-refractivity contribution in [3.05, 3.63) is 59.1 Å². The van der Waals surface area contributed by atoms with Crippen molar-refractivity contribution < 1.29 is 27.5 Å². The number of ether oxygens (including phenoxy) is 2. The monoisotopic (exact) mass is 466 g/mol. The Morgan fingerprint density at radius 1 is 1.13 bits per heavy atom. The van der Waals surface area contributed by atoms with E-state index in [9.17, 15) is 18.0 Å². The third-order valence-corrected chi connectivity index (χ3v) is 6.60. The minimum absolute atomic E-state index is 0.0216. The van der Waals surface area contributed by atoms with Crippen molar-refractivity contribution in [2.75, 3.05) is 25.0 Å². The van der Waals surface area contributed by atoms with E-state index in [1.165, 1.54) is 28.6 Å². The molecule has 0 saturated carbocycles. The Morgan fingerprint density at radius 3 is 2.48 bits per heavy atom. The predicted octanol–water partition coefficient (Wildman–Crippen LogP) is 2.93. The summed E-state index contributed by atoms with van der Waals surface area (Å²) in [4.78, 5) is 24.3. The van der Waals surface area contributed by atoms with E-state index in [0.717, 1.165) is 0 Å². The first-order valence-electron chi connectivity index (χ1n) is 9.63. The van der Waals surface area contributed by atoms with Crippen LogP contribution in [0.1, 0.15) is 24.2 Å². The topological polar surface area (TPSA) is 102 Å². The van der Waals surface area contributed by atoms with Crippen LogP contribution in [0.2, 0.25) is 5.02 Å². The second kappa shape index (κ2) is 9.78. The largest absolute Gasteiger partial charge is 0.452 e. The number of hydrogen-bond acceptors (Lipinski definition) is 6. The minimum Gasteiger partial charge on any atom is -0.452 e. The minimum atomic E-state index is -3.81. The molecule has 1 heterocycles. The molecule has 0 radical (unpaired) electrons. The number of halogens is 1. The van der Waals surface area contributed by atoms with E-state index in [4.69, 9.17) is 21.1 Å². The number of rotatable bonds is 6. The lowest BCUT2D eigenvalue weighted by molar-refractivity contribution is -0.119.